The van der Waals surface area contributed by atoms with Gasteiger partial charge in [0.1, 0.15) is 11.9 Å². The fourth-order valence-corrected chi connectivity index (χ4v) is 1.54. The third-order valence-corrected chi connectivity index (χ3v) is 2.33. The topological polar surface area (TPSA) is 47.3 Å². The predicted octanol–water partition coefficient (Wildman–Crippen LogP) is 0.616. The van der Waals surface area contributed by atoms with Gasteiger partial charge in [0.05, 0.1) is 6.54 Å². The quantitative estimate of drug-likeness (QED) is 0.652. The van der Waals surface area contributed by atoms with Crippen LogP contribution < -0.4 is 11.1 Å². The molecule has 0 aliphatic carbocycles. The van der Waals surface area contributed by atoms with Gasteiger partial charge in [-0.1, -0.05) is 6.92 Å². The molecule has 3 nitrogen and oxygen atoms in total. The van der Waals surface area contributed by atoms with Crippen molar-refractivity contribution in [2.75, 3.05) is 13.6 Å². The predicted molar refractivity (Wildman–Crippen MR) is 49.8 cm³/mol. The summed E-state index contributed by atoms with van der Waals surface area (Å²) < 4.78 is 5.66. The summed E-state index contributed by atoms with van der Waals surface area (Å²) in [6, 6.07) is 0.449. The van der Waals surface area contributed by atoms with Gasteiger partial charge in [-0.2, -0.15) is 0 Å². The molecule has 0 fully saturated rings. The molecule has 0 aromatic rings. The lowest BCUT2D eigenvalue weighted by molar-refractivity contribution is 0.0645. The highest BCUT2D eigenvalue weighted by atomic mass is 16.5. The van der Waals surface area contributed by atoms with E-state index in [0.717, 1.165) is 18.6 Å². The summed E-state index contributed by atoms with van der Waals surface area (Å²) >= 11 is 0. The molecule has 1 rings (SSSR count). The Labute approximate surface area is 74.0 Å². The first-order chi connectivity index (χ1) is 5.81. The maximum atomic E-state index is 5.66. The minimum absolute atomic E-state index is 0.290. The Hall–Kier alpha value is -0.540. The number of nitrogens with two attached hydrogens (primary N) is 1. The van der Waals surface area contributed by atoms with Crippen LogP contribution in [0.15, 0.2) is 11.8 Å². The van der Waals surface area contributed by atoms with Gasteiger partial charge < -0.3 is 15.8 Å². The van der Waals surface area contributed by atoms with Crippen LogP contribution in [0.25, 0.3) is 0 Å². The van der Waals surface area contributed by atoms with Gasteiger partial charge in [0.15, 0.2) is 0 Å². The summed E-state index contributed by atoms with van der Waals surface area (Å²) in [5.74, 6) is 0.938. The Kier molecular flexibility index (Phi) is 3.56. The molecule has 2 unspecified atom stereocenters. The molecule has 1 heterocycles. The van der Waals surface area contributed by atoms with Crippen molar-refractivity contribution in [3.05, 3.63) is 11.8 Å². The highest BCUT2D eigenvalue weighted by Crippen LogP contribution is 2.18. The molecule has 70 valence electrons. The molecule has 1 aliphatic rings. The monoisotopic (exact) mass is 170 g/mol. The van der Waals surface area contributed by atoms with Gasteiger partial charge in [0.2, 0.25) is 0 Å². The Balaban J connectivity index is 2.56. The molecule has 3 N–H and O–H groups in total. The standard InChI is InChI=1S/C9H18N2O/c1-3-9-8(11-2)5-4-7(6-10)12-9/h4,8-9,11H,3,5-6,10H2,1-2H3. The molecule has 1 aliphatic heterocycles. The highest BCUT2D eigenvalue weighted by Gasteiger charge is 2.23. The molecule has 0 spiro atoms. The average molecular weight is 170 g/mol. The zero-order valence-electron chi connectivity index (χ0n) is 7.84. The molecular formula is C9H18N2O. The molecule has 0 bridgehead atoms. The number of nitrogens with one attached hydrogen (secondary N) is 1. The van der Waals surface area contributed by atoms with Crippen molar-refractivity contribution in [2.45, 2.75) is 31.9 Å². The first-order valence-electron chi connectivity index (χ1n) is 4.54. The van der Waals surface area contributed by atoms with Crippen molar-refractivity contribution < 1.29 is 4.74 Å². The molecule has 0 aromatic carbocycles. The molecule has 2 atom stereocenters. The number of likely N-dealkylation sites (N-methyl/N-ethyl adjacent to an activating group) is 1. The zero-order chi connectivity index (χ0) is 8.97. The van der Waals surface area contributed by atoms with E-state index >= 15 is 0 Å². The van der Waals surface area contributed by atoms with E-state index < -0.39 is 0 Å². The Morgan fingerprint density at radius 2 is 2.50 bits per heavy atom. The largest absolute Gasteiger partial charge is 0.492 e. The summed E-state index contributed by atoms with van der Waals surface area (Å²) in [4.78, 5) is 0. The van der Waals surface area contributed by atoms with Gasteiger partial charge in [-0.05, 0) is 26.0 Å². The van der Waals surface area contributed by atoms with Crippen molar-refractivity contribution >= 4 is 0 Å². The Bertz CT molecular complexity index is 168. The SMILES string of the molecule is CCC1OC(CN)=CCC1NC. The van der Waals surface area contributed by atoms with E-state index in [1.54, 1.807) is 0 Å². The molecule has 0 saturated carbocycles. The van der Waals surface area contributed by atoms with Crippen LogP contribution in [0.1, 0.15) is 19.8 Å². The molecule has 0 amide bonds. The van der Waals surface area contributed by atoms with E-state index in [1.807, 2.05) is 7.05 Å². The van der Waals surface area contributed by atoms with Crippen LogP contribution in [-0.2, 0) is 4.74 Å². The molecule has 0 saturated heterocycles. The van der Waals surface area contributed by atoms with E-state index in [0.29, 0.717) is 18.7 Å². The van der Waals surface area contributed by atoms with Gasteiger partial charge in [-0.3, -0.25) is 0 Å². The van der Waals surface area contributed by atoms with Gasteiger partial charge in [-0.25, -0.2) is 0 Å². The Morgan fingerprint density at radius 1 is 1.75 bits per heavy atom. The molecule has 3 heteroatoms. The fourth-order valence-electron chi connectivity index (χ4n) is 1.54. The lowest BCUT2D eigenvalue weighted by Gasteiger charge is -2.31. The van der Waals surface area contributed by atoms with Crippen molar-refractivity contribution in [3.8, 4) is 0 Å². The first-order valence-corrected chi connectivity index (χ1v) is 4.54. The maximum Gasteiger partial charge on any atom is 0.114 e. The van der Waals surface area contributed by atoms with Gasteiger partial charge in [0.25, 0.3) is 0 Å². The molecule has 12 heavy (non-hydrogen) atoms. The van der Waals surface area contributed by atoms with Gasteiger partial charge in [0, 0.05) is 6.04 Å². The van der Waals surface area contributed by atoms with Crippen LogP contribution in [0.5, 0.6) is 0 Å². The number of rotatable bonds is 3. The second kappa shape index (κ2) is 4.48. The Morgan fingerprint density at radius 3 is 3.00 bits per heavy atom. The normalized spacial score (nSPS) is 29.4. The van der Waals surface area contributed by atoms with Crippen LogP contribution >= 0.6 is 0 Å². The van der Waals surface area contributed by atoms with Crippen LogP contribution in [-0.4, -0.2) is 25.7 Å². The maximum absolute atomic E-state index is 5.66. The summed E-state index contributed by atoms with van der Waals surface area (Å²) in [6.07, 6.45) is 4.43. The van der Waals surface area contributed by atoms with Crippen molar-refractivity contribution in [3.63, 3.8) is 0 Å². The third kappa shape index (κ3) is 1.99. The van der Waals surface area contributed by atoms with Gasteiger partial charge in [-0.15, -0.1) is 0 Å². The lowest BCUT2D eigenvalue weighted by Crippen LogP contribution is -2.41. The minimum Gasteiger partial charge on any atom is -0.492 e. The van der Waals surface area contributed by atoms with E-state index in [4.69, 9.17) is 10.5 Å². The zero-order valence-corrected chi connectivity index (χ0v) is 7.84. The fraction of sp³-hybridized carbons (Fsp3) is 0.778. The van der Waals surface area contributed by atoms with Gasteiger partial charge >= 0.3 is 0 Å². The van der Waals surface area contributed by atoms with Crippen LogP contribution in [0.2, 0.25) is 0 Å². The number of hydrogen-bond donors (Lipinski definition) is 2. The highest BCUT2D eigenvalue weighted by molar-refractivity contribution is 5.03. The van der Waals surface area contributed by atoms with Crippen LogP contribution in [0.4, 0.5) is 0 Å². The van der Waals surface area contributed by atoms with Crippen LogP contribution in [0.3, 0.4) is 0 Å². The second-order valence-electron chi connectivity index (χ2n) is 3.07. The van der Waals surface area contributed by atoms with E-state index in [9.17, 15) is 0 Å². The van der Waals surface area contributed by atoms with E-state index in [2.05, 4.69) is 18.3 Å². The lowest BCUT2D eigenvalue weighted by atomic mass is 10.0. The summed E-state index contributed by atoms with van der Waals surface area (Å²) in [5.41, 5.74) is 5.49. The van der Waals surface area contributed by atoms with Crippen LogP contribution in [0, 0.1) is 0 Å². The minimum atomic E-state index is 0.290. The van der Waals surface area contributed by atoms with Crippen molar-refractivity contribution in [1.82, 2.24) is 5.32 Å². The summed E-state index contributed by atoms with van der Waals surface area (Å²) in [6.45, 7) is 2.65. The average Bonchev–Trinajstić information content (AvgIpc) is 2.16. The smallest absolute Gasteiger partial charge is 0.114 e. The summed E-state index contributed by atoms with van der Waals surface area (Å²) in [5, 5.41) is 3.24. The number of ether oxygens (including phenoxy) is 1. The molecule has 0 aromatic heterocycles. The van der Waals surface area contributed by atoms with E-state index in [-0.39, 0.29) is 0 Å². The van der Waals surface area contributed by atoms with Crippen molar-refractivity contribution in [1.29, 1.82) is 0 Å². The third-order valence-electron chi connectivity index (χ3n) is 2.33. The van der Waals surface area contributed by atoms with E-state index in [1.165, 1.54) is 0 Å². The van der Waals surface area contributed by atoms with Crippen molar-refractivity contribution in [2.24, 2.45) is 5.73 Å². The number of hydrogen-bond acceptors (Lipinski definition) is 3. The molecule has 0 radical (unpaired) electrons. The summed E-state index contributed by atoms with van der Waals surface area (Å²) in [7, 11) is 1.97. The first kappa shape index (κ1) is 9.55. The molecular weight excluding hydrogens is 152 g/mol. The second-order valence-corrected chi connectivity index (χ2v) is 3.07.